The smallest absolute Gasteiger partial charge is 0.133 e. The number of unbranched alkanes of at least 4 members (excludes halogenated alkanes) is 2. The number of aryl methyl sites for hydroxylation is 1. The predicted molar refractivity (Wildman–Crippen MR) is 80.6 cm³/mol. The second-order valence-electron chi connectivity index (χ2n) is 4.36. The number of aromatic nitrogens is 2. The summed E-state index contributed by atoms with van der Waals surface area (Å²) in [4.78, 5) is 9.19. The summed E-state index contributed by atoms with van der Waals surface area (Å²) < 4.78 is 0. The first-order valence-corrected chi connectivity index (χ1v) is 7.95. The van der Waals surface area contributed by atoms with E-state index in [1.54, 1.807) is 0 Å². The van der Waals surface area contributed by atoms with Crippen molar-refractivity contribution in [2.45, 2.75) is 58.4 Å². The van der Waals surface area contributed by atoms with E-state index in [1.807, 2.05) is 11.8 Å². The van der Waals surface area contributed by atoms with Crippen LogP contribution in [0.4, 0.5) is 5.82 Å². The van der Waals surface area contributed by atoms with Crippen molar-refractivity contribution in [2.75, 3.05) is 17.6 Å². The highest BCUT2D eigenvalue weighted by atomic mass is 32.2. The zero-order valence-corrected chi connectivity index (χ0v) is 12.9. The van der Waals surface area contributed by atoms with Gasteiger partial charge in [0.15, 0.2) is 0 Å². The SMILES string of the molecule is CCCCCSc1nc(CC)nc(NCC)c1C. The van der Waals surface area contributed by atoms with E-state index < -0.39 is 0 Å². The van der Waals surface area contributed by atoms with Crippen molar-refractivity contribution in [2.24, 2.45) is 0 Å². The fourth-order valence-corrected chi connectivity index (χ4v) is 2.72. The molecule has 1 N–H and O–H groups in total. The first kappa shape index (κ1) is 15.3. The summed E-state index contributed by atoms with van der Waals surface area (Å²) in [5, 5.41) is 4.48. The second kappa shape index (κ2) is 8.35. The molecular formula is C14H25N3S. The van der Waals surface area contributed by atoms with Crippen LogP contribution in [0.15, 0.2) is 5.03 Å². The lowest BCUT2D eigenvalue weighted by atomic mass is 10.3. The molecule has 102 valence electrons. The lowest BCUT2D eigenvalue weighted by molar-refractivity contribution is 0.777. The molecule has 0 spiro atoms. The Morgan fingerprint density at radius 2 is 1.89 bits per heavy atom. The first-order valence-electron chi connectivity index (χ1n) is 6.97. The molecule has 1 heterocycles. The van der Waals surface area contributed by atoms with Gasteiger partial charge in [0, 0.05) is 18.5 Å². The third kappa shape index (κ3) is 4.48. The van der Waals surface area contributed by atoms with Crippen molar-refractivity contribution in [3.8, 4) is 0 Å². The first-order chi connectivity index (χ1) is 8.72. The van der Waals surface area contributed by atoms with E-state index in [0.29, 0.717) is 0 Å². The van der Waals surface area contributed by atoms with Gasteiger partial charge in [0.05, 0.1) is 0 Å². The molecular weight excluding hydrogens is 242 g/mol. The summed E-state index contributed by atoms with van der Waals surface area (Å²) in [5.41, 5.74) is 1.19. The van der Waals surface area contributed by atoms with E-state index in [1.165, 1.54) is 24.8 Å². The fraction of sp³-hybridized carbons (Fsp3) is 0.714. The van der Waals surface area contributed by atoms with Crippen molar-refractivity contribution in [1.82, 2.24) is 9.97 Å². The number of anilines is 1. The molecule has 0 atom stereocenters. The third-order valence-electron chi connectivity index (χ3n) is 2.79. The zero-order chi connectivity index (χ0) is 13.4. The van der Waals surface area contributed by atoms with Crippen LogP contribution in [0, 0.1) is 6.92 Å². The summed E-state index contributed by atoms with van der Waals surface area (Å²) in [6.07, 6.45) is 4.73. The monoisotopic (exact) mass is 267 g/mol. The molecule has 0 radical (unpaired) electrons. The molecule has 0 aliphatic carbocycles. The average Bonchev–Trinajstić information content (AvgIpc) is 2.38. The maximum absolute atomic E-state index is 4.64. The molecule has 0 amide bonds. The highest BCUT2D eigenvalue weighted by Gasteiger charge is 2.09. The molecule has 0 saturated heterocycles. The van der Waals surface area contributed by atoms with Gasteiger partial charge in [-0.3, -0.25) is 0 Å². The molecule has 0 unspecified atom stereocenters. The lowest BCUT2D eigenvalue weighted by Gasteiger charge is -2.12. The lowest BCUT2D eigenvalue weighted by Crippen LogP contribution is -2.07. The van der Waals surface area contributed by atoms with Crippen molar-refractivity contribution < 1.29 is 0 Å². The normalized spacial score (nSPS) is 10.7. The van der Waals surface area contributed by atoms with Crippen LogP contribution in [0.3, 0.4) is 0 Å². The van der Waals surface area contributed by atoms with E-state index in [9.17, 15) is 0 Å². The van der Waals surface area contributed by atoms with Gasteiger partial charge in [-0.05, 0) is 26.0 Å². The van der Waals surface area contributed by atoms with Gasteiger partial charge >= 0.3 is 0 Å². The Labute approximate surface area is 115 Å². The molecule has 0 aliphatic rings. The van der Waals surface area contributed by atoms with Crippen LogP contribution >= 0.6 is 11.8 Å². The molecule has 0 aromatic carbocycles. The molecule has 3 nitrogen and oxygen atoms in total. The van der Waals surface area contributed by atoms with Gasteiger partial charge in [-0.25, -0.2) is 9.97 Å². The number of hydrogen-bond acceptors (Lipinski definition) is 4. The third-order valence-corrected chi connectivity index (χ3v) is 3.96. The van der Waals surface area contributed by atoms with E-state index in [0.717, 1.165) is 35.4 Å². The van der Waals surface area contributed by atoms with Crippen molar-refractivity contribution in [3.63, 3.8) is 0 Å². The molecule has 18 heavy (non-hydrogen) atoms. The standard InChI is InChI=1S/C14H25N3S/c1-5-8-9-10-18-14-11(4)13(15-7-3)16-12(6-2)17-14/h5-10H2,1-4H3,(H,15,16,17). The Morgan fingerprint density at radius 3 is 2.50 bits per heavy atom. The highest BCUT2D eigenvalue weighted by molar-refractivity contribution is 7.99. The molecule has 0 saturated carbocycles. The number of rotatable bonds is 8. The summed E-state index contributed by atoms with van der Waals surface area (Å²) in [5.74, 6) is 3.09. The van der Waals surface area contributed by atoms with E-state index in [4.69, 9.17) is 0 Å². The van der Waals surface area contributed by atoms with Gasteiger partial charge < -0.3 is 5.32 Å². The topological polar surface area (TPSA) is 37.8 Å². The van der Waals surface area contributed by atoms with Crippen LogP contribution < -0.4 is 5.32 Å². The number of thioether (sulfide) groups is 1. The van der Waals surface area contributed by atoms with Crippen LogP contribution in [-0.4, -0.2) is 22.3 Å². The molecule has 0 aliphatic heterocycles. The van der Waals surface area contributed by atoms with Crippen LogP contribution in [0.25, 0.3) is 0 Å². The maximum atomic E-state index is 4.64. The second-order valence-corrected chi connectivity index (χ2v) is 5.44. The van der Waals surface area contributed by atoms with Crippen molar-refractivity contribution in [1.29, 1.82) is 0 Å². The average molecular weight is 267 g/mol. The Bertz CT molecular complexity index is 366. The van der Waals surface area contributed by atoms with Crippen LogP contribution in [0.5, 0.6) is 0 Å². The summed E-state index contributed by atoms with van der Waals surface area (Å²) >= 11 is 1.87. The fourth-order valence-electron chi connectivity index (χ4n) is 1.70. The van der Waals surface area contributed by atoms with Crippen LogP contribution in [-0.2, 0) is 6.42 Å². The van der Waals surface area contributed by atoms with Gasteiger partial charge in [0.25, 0.3) is 0 Å². The number of hydrogen-bond donors (Lipinski definition) is 1. The Hall–Kier alpha value is -0.770. The number of nitrogens with one attached hydrogen (secondary N) is 1. The maximum Gasteiger partial charge on any atom is 0.133 e. The molecule has 0 fully saturated rings. The van der Waals surface area contributed by atoms with Gasteiger partial charge in [0.1, 0.15) is 16.7 Å². The molecule has 1 aromatic heterocycles. The van der Waals surface area contributed by atoms with Gasteiger partial charge in [-0.2, -0.15) is 0 Å². The molecule has 1 aromatic rings. The molecule has 1 rings (SSSR count). The van der Waals surface area contributed by atoms with E-state index in [-0.39, 0.29) is 0 Å². The summed E-state index contributed by atoms with van der Waals surface area (Å²) in [7, 11) is 0. The molecule has 0 bridgehead atoms. The van der Waals surface area contributed by atoms with Crippen molar-refractivity contribution in [3.05, 3.63) is 11.4 Å². The van der Waals surface area contributed by atoms with E-state index in [2.05, 4.69) is 43.0 Å². The minimum Gasteiger partial charge on any atom is -0.370 e. The van der Waals surface area contributed by atoms with Crippen LogP contribution in [0.2, 0.25) is 0 Å². The molecule has 4 heteroatoms. The van der Waals surface area contributed by atoms with Crippen molar-refractivity contribution >= 4 is 17.6 Å². The highest BCUT2D eigenvalue weighted by Crippen LogP contribution is 2.26. The predicted octanol–water partition coefficient (Wildman–Crippen LogP) is 4.06. The van der Waals surface area contributed by atoms with Gasteiger partial charge in [0.2, 0.25) is 0 Å². The summed E-state index contributed by atoms with van der Waals surface area (Å²) in [6, 6.07) is 0. The Kier molecular flexibility index (Phi) is 7.09. The van der Waals surface area contributed by atoms with E-state index >= 15 is 0 Å². The van der Waals surface area contributed by atoms with Gasteiger partial charge in [-0.15, -0.1) is 11.8 Å². The number of nitrogens with zero attached hydrogens (tertiary/aromatic N) is 2. The zero-order valence-electron chi connectivity index (χ0n) is 12.0. The minimum atomic E-state index is 0.890. The summed E-state index contributed by atoms with van der Waals surface area (Å²) in [6.45, 7) is 9.45. The Morgan fingerprint density at radius 1 is 1.11 bits per heavy atom. The largest absolute Gasteiger partial charge is 0.370 e. The Balaban J connectivity index is 2.77. The van der Waals surface area contributed by atoms with Gasteiger partial charge in [-0.1, -0.05) is 26.7 Å². The minimum absolute atomic E-state index is 0.890. The van der Waals surface area contributed by atoms with Crippen LogP contribution in [0.1, 0.15) is 51.4 Å². The quantitative estimate of drug-likeness (QED) is 0.438.